The van der Waals surface area contributed by atoms with Crippen molar-refractivity contribution in [2.24, 2.45) is 10.2 Å². The van der Waals surface area contributed by atoms with E-state index >= 15 is 0 Å². The zero-order valence-corrected chi connectivity index (χ0v) is 14.9. The Kier molecular flexibility index (Phi) is 5.39. The standard InChI is InChI=1S/C15H15N5O3S2/c1-8-4-2-3-5-9(8)16-12(21)6-10-13(22)18-14(25-10)20-19-11-7-24-15(23)17-11/h2-5,10H,6-7H2,1H3,(H,16,21)(H,17,19,23)(H,18,20,22)/t10-/m1/s1. The van der Waals surface area contributed by atoms with E-state index in [1.54, 1.807) is 0 Å². The van der Waals surface area contributed by atoms with Gasteiger partial charge in [0.25, 0.3) is 5.24 Å². The number of carbonyl (C=O) groups excluding carboxylic acids is 3. The predicted octanol–water partition coefficient (Wildman–Crippen LogP) is 1.68. The summed E-state index contributed by atoms with van der Waals surface area (Å²) in [4.78, 5) is 35.2. The molecule has 10 heteroatoms. The summed E-state index contributed by atoms with van der Waals surface area (Å²) in [6, 6.07) is 7.44. The molecule has 0 aliphatic carbocycles. The minimum atomic E-state index is -0.560. The molecule has 25 heavy (non-hydrogen) atoms. The molecule has 1 aromatic carbocycles. The van der Waals surface area contributed by atoms with Crippen molar-refractivity contribution in [2.75, 3.05) is 11.1 Å². The first-order valence-corrected chi connectivity index (χ1v) is 9.29. The summed E-state index contributed by atoms with van der Waals surface area (Å²) in [5, 5.41) is 15.3. The third kappa shape index (κ3) is 4.60. The SMILES string of the molecule is Cc1ccccc1NC(=O)C[C@H]1S/C(=N/N=C2/CSC(=O)N2)NC1=O. The lowest BCUT2D eigenvalue weighted by Gasteiger charge is -2.09. The Morgan fingerprint density at radius 1 is 1.28 bits per heavy atom. The predicted molar refractivity (Wildman–Crippen MR) is 99.8 cm³/mol. The Morgan fingerprint density at radius 3 is 2.80 bits per heavy atom. The van der Waals surface area contributed by atoms with Crippen molar-refractivity contribution >= 4 is 57.3 Å². The van der Waals surface area contributed by atoms with Crippen LogP contribution in [0.25, 0.3) is 0 Å². The minimum Gasteiger partial charge on any atom is -0.326 e. The largest absolute Gasteiger partial charge is 0.326 e. The highest BCUT2D eigenvalue weighted by Gasteiger charge is 2.32. The second-order valence-corrected chi connectivity index (χ2v) is 7.46. The van der Waals surface area contributed by atoms with Gasteiger partial charge < -0.3 is 16.0 Å². The van der Waals surface area contributed by atoms with Crippen LogP contribution >= 0.6 is 23.5 Å². The van der Waals surface area contributed by atoms with Gasteiger partial charge in [-0.25, -0.2) is 0 Å². The van der Waals surface area contributed by atoms with Gasteiger partial charge in [-0.3, -0.25) is 14.4 Å². The van der Waals surface area contributed by atoms with Crippen LogP contribution in [0.15, 0.2) is 34.5 Å². The Labute approximate surface area is 152 Å². The third-order valence-electron chi connectivity index (χ3n) is 3.41. The van der Waals surface area contributed by atoms with E-state index in [-0.39, 0.29) is 23.5 Å². The highest BCUT2D eigenvalue weighted by molar-refractivity contribution is 8.15. The number of hydrogen-bond acceptors (Lipinski definition) is 7. The zero-order valence-electron chi connectivity index (χ0n) is 13.2. The van der Waals surface area contributed by atoms with E-state index in [0.29, 0.717) is 16.8 Å². The molecule has 2 aliphatic heterocycles. The Balaban J connectivity index is 1.57. The Hall–Kier alpha value is -2.33. The number of amides is 3. The van der Waals surface area contributed by atoms with Gasteiger partial charge in [-0.15, -0.1) is 10.2 Å². The lowest BCUT2D eigenvalue weighted by molar-refractivity contribution is -0.122. The van der Waals surface area contributed by atoms with Crippen LogP contribution in [0.3, 0.4) is 0 Å². The molecular weight excluding hydrogens is 362 g/mol. The molecule has 130 valence electrons. The summed E-state index contributed by atoms with van der Waals surface area (Å²) in [7, 11) is 0. The Bertz CT molecular complexity index is 793. The Morgan fingerprint density at radius 2 is 2.08 bits per heavy atom. The van der Waals surface area contributed by atoms with Crippen molar-refractivity contribution in [1.82, 2.24) is 10.6 Å². The smallest absolute Gasteiger partial charge is 0.284 e. The van der Waals surface area contributed by atoms with Crippen molar-refractivity contribution < 1.29 is 14.4 Å². The molecule has 0 spiro atoms. The molecule has 0 unspecified atom stereocenters. The average molecular weight is 377 g/mol. The van der Waals surface area contributed by atoms with Crippen molar-refractivity contribution in [3.8, 4) is 0 Å². The zero-order chi connectivity index (χ0) is 17.8. The minimum absolute atomic E-state index is 0.0347. The van der Waals surface area contributed by atoms with Gasteiger partial charge in [0.15, 0.2) is 5.17 Å². The fourth-order valence-electron chi connectivity index (χ4n) is 2.15. The van der Waals surface area contributed by atoms with Gasteiger partial charge in [0.1, 0.15) is 11.1 Å². The van der Waals surface area contributed by atoms with Crippen molar-refractivity contribution in [1.29, 1.82) is 0 Å². The third-order valence-corrected chi connectivity index (χ3v) is 5.27. The number of thioether (sulfide) groups is 2. The normalized spacial score (nSPS) is 23.0. The first-order chi connectivity index (χ1) is 12.0. The number of hydrogen-bond donors (Lipinski definition) is 3. The molecule has 2 aliphatic rings. The number of anilines is 1. The maximum atomic E-state index is 12.2. The van der Waals surface area contributed by atoms with Gasteiger partial charge >= 0.3 is 0 Å². The number of nitrogens with zero attached hydrogens (tertiary/aromatic N) is 2. The van der Waals surface area contributed by atoms with Gasteiger partial charge in [-0.05, 0) is 18.6 Å². The first kappa shape index (κ1) is 17.5. The van der Waals surface area contributed by atoms with E-state index in [1.807, 2.05) is 31.2 Å². The van der Waals surface area contributed by atoms with Crippen LogP contribution < -0.4 is 16.0 Å². The summed E-state index contributed by atoms with van der Waals surface area (Å²) in [5.74, 6) is 0.344. The van der Waals surface area contributed by atoms with E-state index in [1.165, 1.54) is 0 Å². The molecule has 0 saturated carbocycles. The topological polar surface area (TPSA) is 112 Å². The van der Waals surface area contributed by atoms with E-state index in [2.05, 4.69) is 26.2 Å². The van der Waals surface area contributed by atoms with Crippen LogP contribution in [0, 0.1) is 6.92 Å². The molecule has 2 fully saturated rings. The molecule has 1 atom stereocenters. The molecule has 0 radical (unpaired) electrons. The molecular formula is C15H15N5O3S2. The van der Waals surface area contributed by atoms with Gasteiger partial charge in [0.2, 0.25) is 11.8 Å². The summed E-state index contributed by atoms with van der Waals surface area (Å²) in [5.41, 5.74) is 1.68. The van der Waals surface area contributed by atoms with Gasteiger partial charge in [-0.2, -0.15) is 0 Å². The molecule has 0 bridgehead atoms. The quantitative estimate of drug-likeness (QED) is 0.691. The number of rotatable bonds is 4. The average Bonchev–Trinajstić information content (AvgIpc) is 3.14. The van der Waals surface area contributed by atoms with Crippen molar-refractivity contribution in [3.05, 3.63) is 29.8 Å². The van der Waals surface area contributed by atoms with Crippen LogP contribution in [0.4, 0.5) is 10.5 Å². The summed E-state index contributed by atoms with van der Waals surface area (Å²) in [6.45, 7) is 1.90. The summed E-state index contributed by atoms with van der Waals surface area (Å²) in [6.07, 6.45) is 0.0347. The number of aryl methyl sites for hydroxylation is 1. The summed E-state index contributed by atoms with van der Waals surface area (Å²) >= 11 is 2.25. The number of para-hydroxylation sites is 1. The maximum Gasteiger partial charge on any atom is 0.284 e. The number of benzene rings is 1. The van der Waals surface area contributed by atoms with E-state index in [0.717, 1.165) is 34.8 Å². The van der Waals surface area contributed by atoms with E-state index < -0.39 is 5.25 Å². The number of amidine groups is 2. The van der Waals surface area contributed by atoms with Gasteiger partial charge in [0, 0.05) is 12.1 Å². The molecule has 2 saturated heterocycles. The second-order valence-electron chi connectivity index (χ2n) is 5.32. The molecule has 2 heterocycles. The molecule has 3 rings (SSSR count). The van der Waals surface area contributed by atoms with Crippen molar-refractivity contribution in [3.63, 3.8) is 0 Å². The van der Waals surface area contributed by atoms with Gasteiger partial charge in [-0.1, -0.05) is 41.7 Å². The lowest BCUT2D eigenvalue weighted by Crippen LogP contribution is -2.28. The first-order valence-electron chi connectivity index (χ1n) is 7.42. The lowest BCUT2D eigenvalue weighted by atomic mass is 10.2. The van der Waals surface area contributed by atoms with Gasteiger partial charge in [0.05, 0.1) is 5.75 Å². The molecule has 0 aromatic heterocycles. The van der Waals surface area contributed by atoms with Crippen LogP contribution in [-0.4, -0.2) is 39.1 Å². The van der Waals surface area contributed by atoms with E-state index in [9.17, 15) is 14.4 Å². The van der Waals surface area contributed by atoms with E-state index in [4.69, 9.17) is 0 Å². The molecule has 3 N–H and O–H groups in total. The second kappa shape index (κ2) is 7.70. The molecule has 3 amide bonds. The fraction of sp³-hybridized carbons (Fsp3) is 0.267. The highest BCUT2D eigenvalue weighted by Crippen LogP contribution is 2.23. The highest BCUT2D eigenvalue weighted by atomic mass is 32.2. The van der Waals surface area contributed by atoms with Crippen molar-refractivity contribution in [2.45, 2.75) is 18.6 Å². The molecule has 8 nitrogen and oxygen atoms in total. The maximum absolute atomic E-state index is 12.2. The summed E-state index contributed by atoms with van der Waals surface area (Å²) < 4.78 is 0. The fourth-order valence-corrected chi connectivity index (χ4v) is 3.66. The number of carbonyl (C=O) groups is 3. The number of nitrogens with one attached hydrogen (secondary N) is 3. The van der Waals surface area contributed by atoms with Crippen LogP contribution in [0.2, 0.25) is 0 Å². The molecule has 1 aromatic rings. The van der Waals surface area contributed by atoms with Crippen LogP contribution in [-0.2, 0) is 9.59 Å². The van der Waals surface area contributed by atoms with Crippen LogP contribution in [0.5, 0.6) is 0 Å². The monoisotopic (exact) mass is 377 g/mol. The van der Waals surface area contributed by atoms with Crippen LogP contribution in [0.1, 0.15) is 12.0 Å².